The van der Waals surface area contributed by atoms with Crippen LogP contribution in [-0.2, 0) is 9.59 Å². The fourth-order valence-electron chi connectivity index (χ4n) is 2.05. The Bertz CT molecular complexity index is 269. The van der Waals surface area contributed by atoms with E-state index in [1.54, 1.807) is 7.05 Å². The van der Waals surface area contributed by atoms with Gasteiger partial charge in [0.1, 0.15) is 0 Å². The van der Waals surface area contributed by atoms with E-state index in [0.717, 1.165) is 19.3 Å². The van der Waals surface area contributed by atoms with E-state index in [2.05, 4.69) is 5.32 Å². The molecule has 0 saturated heterocycles. The number of carbonyl (C=O) groups excluding carboxylic acids is 2. The molecule has 0 aromatic rings. The van der Waals surface area contributed by atoms with Gasteiger partial charge in [0.25, 0.3) is 0 Å². The highest BCUT2D eigenvalue weighted by Gasteiger charge is 2.44. The number of hydrogen-bond donors (Lipinski definition) is 2. The summed E-state index contributed by atoms with van der Waals surface area (Å²) in [7, 11) is 1.66. The molecule has 3 N–H and O–H groups in total. The van der Waals surface area contributed by atoms with Crippen molar-refractivity contribution < 1.29 is 9.59 Å². The topological polar surface area (TPSA) is 75.4 Å². The van der Waals surface area contributed by atoms with E-state index in [4.69, 9.17) is 5.73 Å². The summed E-state index contributed by atoms with van der Waals surface area (Å²) in [6.45, 7) is 2.94. The van der Waals surface area contributed by atoms with Crippen LogP contribution in [0.2, 0.25) is 0 Å². The van der Waals surface area contributed by atoms with Crippen molar-refractivity contribution in [1.29, 1.82) is 0 Å². The van der Waals surface area contributed by atoms with E-state index in [9.17, 15) is 9.59 Å². The Kier molecular flexibility index (Phi) is 4.29. The van der Waals surface area contributed by atoms with E-state index >= 15 is 0 Å². The summed E-state index contributed by atoms with van der Waals surface area (Å²) in [5.41, 5.74) is 5.26. The molecule has 0 bridgehead atoms. The van der Waals surface area contributed by atoms with Gasteiger partial charge in [-0.3, -0.25) is 9.59 Å². The number of carbonyl (C=O) groups is 2. The molecule has 1 aliphatic carbocycles. The minimum atomic E-state index is -0.388. The second kappa shape index (κ2) is 5.30. The lowest BCUT2D eigenvalue weighted by molar-refractivity contribution is -0.147. The second-order valence-electron chi connectivity index (χ2n) is 4.45. The molecule has 5 nitrogen and oxygen atoms in total. The van der Waals surface area contributed by atoms with Gasteiger partial charge in [-0.25, -0.2) is 0 Å². The third kappa shape index (κ3) is 2.52. The Morgan fingerprint density at radius 2 is 2.06 bits per heavy atom. The number of amides is 2. The summed E-state index contributed by atoms with van der Waals surface area (Å²) in [6.07, 6.45) is 2.75. The Morgan fingerprint density at radius 1 is 1.44 bits per heavy atom. The van der Waals surface area contributed by atoms with Gasteiger partial charge in [0.05, 0.1) is 12.0 Å². The van der Waals surface area contributed by atoms with Crippen LogP contribution in [0.5, 0.6) is 0 Å². The van der Waals surface area contributed by atoms with Crippen LogP contribution >= 0.6 is 0 Å². The molecule has 1 fully saturated rings. The lowest BCUT2D eigenvalue weighted by Crippen LogP contribution is -2.52. The Hall–Kier alpha value is -1.10. The molecule has 0 aromatic carbocycles. The molecule has 1 aliphatic rings. The van der Waals surface area contributed by atoms with Crippen LogP contribution in [0.25, 0.3) is 0 Å². The quantitative estimate of drug-likeness (QED) is 0.677. The van der Waals surface area contributed by atoms with Crippen LogP contribution in [0.3, 0.4) is 0 Å². The second-order valence-corrected chi connectivity index (χ2v) is 4.45. The number of rotatable bonds is 5. The molecule has 0 radical (unpaired) electrons. The lowest BCUT2D eigenvalue weighted by Gasteiger charge is -2.41. The maximum atomic E-state index is 12.1. The van der Waals surface area contributed by atoms with Crippen LogP contribution in [0.4, 0.5) is 0 Å². The molecular formula is C11H21N3O2. The number of nitrogens with two attached hydrogens (primary N) is 1. The van der Waals surface area contributed by atoms with Crippen molar-refractivity contribution in [3.05, 3.63) is 0 Å². The minimum Gasteiger partial charge on any atom is -0.355 e. The van der Waals surface area contributed by atoms with E-state index in [-0.39, 0.29) is 23.8 Å². The molecule has 0 spiro atoms. The highest BCUT2D eigenvalue weighted by Crippen LogP contribution is 2.41. The largest absolute Gasteiger partial charge is 0.355 e. The van der Waals surface area contributed by atoms with Crippen molar-refractivity contribution in [2.24, 2.45) is 11.1 Å². The van der Waals surface area contributed by atoms with Crippen molar-refractivity contribution in [2.45, 2.75) is 26.2 Å². The summed E-state index contributed by atoms with van der Waals surface area (Å²) in [5, 5.41) is 2.67. The standard InChI is InChI=1S/C11H21N3O2/c1-3-13-9(15)7-14(2)10(16)11(8-12)5-4-6-11/h3-8,12H2,1-2H3,(H,13,15). The zero-order valence-electron chi connectivity index (χ0n) is 10.1. The van der Waals surface area contributed by atoms with E-state index in [1.807, 2.05) is 6.92 Å². The van der Waals surface area contributed by atoms with Crippen molar-refractivity contribution in [2.75, 3.05) is 26.7 Å². The maximum absolute atomic E-state index is 12.1. The molecule has 0 unspecified atom stereocenters. The normalized spacial score (nSPS) is 17.4. The summed E-state index contributed by atoms with van der Waals surface area (Å²) >= 11 is 0. The monoisotopic (exact) mass is 227 g/mol. The minimum absolute atomic E-state index is 0.00695. The highest BCUT2D eigenvalue weighted by molar-refractivity contribution is 5.88. The zero-order chi connectivity index (χ0) is 12.2. The maximum Gasteiger partial charge on any atom is 0.239 e. The van der Waals surface area contributed by atoms with Gasteiger partial charge in [0.2, 0.25) is 11.8 Å². The van der Waals surface area contributed by atoms with Crippen molar-refractivity contribution in [3.8, 4) is 0 Å². The number of hydrogen-bond acceptors (Lipinski definition) is 3. The van der Waals surface area contributed by atoms with Crippen LogP contribution in [-0.4, -0.2) is 43.4 Å². The van der Waals surface area contributed by atoms with Crippen molar-refractivity contribution >= 4 is 11.8 Å². The predicted molar refractivity (Wildman–Crippen MR) is 61.7 cm³/mol. The average molecular weight is 227 g/mol. The first-order valence-corrected chi connectivity index (χ1v) is 5.78. The summed E-state index contributed by atoms with van der Waals surface area (Å²) < 4.78 is 0. The fourth-order valence-corrected chi connectivity index (χ4v) is 2.05. The molecule has 0 aromatic heterocycles. The number of nitrogens with zero attached hydrogens (tertiary/aromatic N) is 1. The van der Waals surface area contributed by atoms with Gasteiger partial charge >= 0.3 is 0 Å². The smallest absolute Gasteiger partial charge is 0.239 e. The third-order valence-corrected chi connectivity index (χ3v) is 3.26. The SMILES string of the molecule is CCNC(=O)CN(C)C(=O)C1(CN)CCC1. The molecule has 1 saturated carbocycles. The van der Waals surface area contributed by atoms with Crippen LogP contribution in [0.15, 0.2) is 0 Å². The first-order chi connectivity index (χ1) is 7.55. The molecule has 2 amide bonds. The molecule has 92 valence electrons. The predicted octanol–water partition coefficient (Wildman–Crippen LogP) is -0.290. The number of nitrogens with one attached hydrogen (secondary N) is 1. The molecular weight excluding hydrogens is 206 g/mol. The fraction of sp³-hybridized carbons (Fsp3) is 0.818. The summed E-state index contributed by atoms with van der Waals surface area (Å²) in [4.78, 5) is 24.9. The van der Waals surface area contributed by atoms with Crippen LogP contribution in [0.1, 0.15) is 26.2 Å². The first-order valence-electron chi connectivity index (χ1n) is 5.78. The third-order valence-electron chi connectivity index (χ3n) is 3.26. The van der Waals surface area contributed by atoms with Crippen molar-refractivity contribution in [1.82, 2.24) is 10.2 Å². The van der Waals surface area contributed by atoms with Gasteiger partial charge < -0.3 is 16.0 Å². The molecule has 5 heteroatoms. The van der Waals surface area contributed by atoms with Gasteiger partial charge in [-0.2, -0.15) is 0 Å². The Morgan fingerprint density at radius 3 is 2.44 bits per heavy atom. The molecule has 1 rings (SSSR count). The van der Waals surface area contributed by atoms with Crippen LogP contribution in [0, 0.1) is 5.41 Å². The molecule has 16 heavy (non-hydrogen) atoms. The van der Waals surface area contributed by atoms with Gasteiger partial charge in [0, 0.05) is 20.1 Å². The highest BCUT2D eigenvalue weighted by atomic mass is 16.2. The van der Waals surface area contributed by atoms with E-state index in [1.165, 1.54) is 4.90 Å². The Labute approximate surface area is 96.4 Å². The lowest BCUT2D eigenvalue weighted by atomic mass is 9.68. The Balaban J connectivity index is 2.50. The van der Waals surface area contributed by atoms with Crippen LogP contribution < -0.4 is 11.1 Å². The summed E-state index contributed by atoms with van der Waals surface area (Å²) in [5.74, 6) is -0.114. The molecule has 0 atom stereocenters. The first kappa shape index (κ1) is 13.0. The van der Waals surface area contributed by atoms with Gasteiger partial charge in [-0.05, 0) is 19.8 Å². The number of likely N-dealkylation sites (N-methyl/N-ethyl adjacent to an activating group) is 2. The summed E-state index contributed by atoms with van der Waals surface area (Å²) in [6, 6.07) is 0. The molecule has 0 aliphatic heterocycles. The van der Waals surface area contributed by atoms with Gasteiger partial charge in [0.15, 0.2) is 0 Å². The van der Waals surface area contributed by atoms with Gasteiger partial charge in [-0.15, -0.1) is 0 Å². The zero-order valence-corrected chi connectivity index (χ0v) is 10.1. The average Bonchev–Trinajstić information content (AvgIpc) is 2.16. The van der Waals surface area contributed by atoms with Crippen molar-refractivity contribution in [3.63, 3.8) is 0 Å². The van der Waals surface area contributed by atoms with E-state index < -0.39 is 0 Å². The van der Waals surface area contributed by atoms with E-state index in [0.29, 0.717) is 13.1 Å². The van der Waals surface area contributed by atoms with Gasteiger partial charge in [-0.1, -0.05) is 6.42 Å². The molecule has 0 heterocycles.